The van der Waals surface area contributed by atoms with Crippen LogP contribution in [-0.4, -0.2) is 0 Å². The van der Waals surface area contributed by atoms with Gasteiger partial charge in [0.05, 0.1) is 0 Å². The molecule has 0 atom stereocenters. The van der Waals surface area contributed by atoms with Gasteiger partial charge in [-0.05, 0) is 76.1 Å². The van der Waals surface area contributed by atoms with Crippen LogP contribution in [0.25, 0.3) is 21.5 Å². The van der Waals surface area contributed by atoms with Crippen molar-refractivity contribution in [2.24, 2.45) is 0 Å². The molecule has 124 valence electrons. The maximum atomic E-state index is 2.40. The van der Waals surface area contributed by atoms with E-state index in [9.17, 15) is 0 Å². The smallest absolute Gasteiger partial charge is 0.0143 e. The number of rotatable bonds is 4. The van der Waals surface area contributed by atoms with Gasteiger partial charge in [-0.25, -0.2) is 0 Å². The first-order chi connectivity index (χ1) is 12.3. The molecule has 0 heteroatoms. The molecule has 0 aromatic heterocycles. The topological polar surface area (TPSA) is 0 Å². The van der Waals surface area contributed by atoms with Gasteiger partial charge in [0, 0.05) is 0 Å². The zero-order valence-corrected chi connectivity index (χ0v) is 15.0. The van der Waals surface area contributed by atoms with E-state index in [0.29, 0.717) is 0 Å². The largest absolute Gasteiger partial charge is 0.0620 e. The van der Waals surface area contributed by atoms with Crippen molar-refractivity contribution in [3.8, 4) is 0 Å². The molecule has 0 radical (unpaired) electrons. The van der Waals surface area contributed by atoms with E-state index in [0.717, 1.165) is 19.3 Å². The molecule has 0 heterocycles. The number of fused-ring (bicyclic) bond motifs is 2. The van der Waals surface area contributed by atoms with Crippen LogP contribution >= 0.6 is 0 Å². The molecule has 4 aromatic rings. The second-order valence-electron chi connectivity index (χ2n) is 6.91. The van der Waals surface area contributed by atoms with Gasteiger partial charge in [-0.1, -0.05) is 73.7 Å². The van der Waals surface area contributed by atoms with Crippen molar-refractivity contribution in [2.45, 2.75) is 33.1 Å². The second kappa shape index (κ2) is 6.72. The number of hydrogen-bond donors (Lipinski definition) is 0. The Morgan fingerprint density at radius 3 is 2.28 bits per heavy atom. The summed E-state index contributed by atoms with van der Waals surface area (Å²) in [5, 5.41) is 5.53. The first-order valence-electron chi connectivity index (χ1n) is 9.24. The van der Waals surface area contributed by atoms with Gasteiger partial charge in [0.1, 0.15) is 0 Å². The fourth-order valence-corrected chi connectivity index (χ4v) is 3.84. The Morgan fingerprint density at radius 1 is 0.680 bits per heavy atom. The van der Waals surface area contributed by atoms with Gasteiger partial charge in [-0.3, -0.25) is 0 Å². The Morgan fingerprint density at radius 2 is 1.44 bits per heavy atom. The third kappa shape index (κ3) is 3.05. The molecule has 0 saturated heterocycles. The molecule has 0 aliphatic carbocycles. The summed E-state index contributed by atoms with van der Waals surface area (Å²) in [6.07, 6.45) is 3.25. The summed E-state index contributed by atoms with van der Waals surface area (Å²) < 4.78 is 0. The third-order valence-corrected chi connectivity index (χ3v) is 5.35. The van der Waals surface area contributed by atoms with Crippen LogP contribution in [0.3, 0.4) is 0 Å². The van der Waals surface area contributed by atoms with Crippen molar-refractivity contribution in [2.75, 3.05) is 0 Å². The number of benzene rings is 4. The van der Waals surface area contributed by atoms with E-state index in [2.05, 4.69) is 86.6 Å². The van der Waals surface area contributed by atoms with Gasteiger partial charge in [0.15, 0.2) is 0 Å². The summed E-state index contributed by atoms with van der Waals surface area (Å²) in [7, 11) is 0. The van der Waals surface area contributed by atoms with Crippen molar-refractivity contribution in [1.82, 2.24) is 0 Å². The molecule has 0 spiro atoms. The van der Waals surface area contributed by atoms with E-state index in [1.165, 1.54) is 43.8 Å². The van der Waals surface area contributed by atoms with Gasteiger partial charge >= 0.3 is 0 Å². The molecule has 0 nitrogen and oxygen atoms in total. The van der Waals surface area contributed by atoms with Crippen LogP contribution in [0.5, 0.6) is 0 Å². The van der Waals surface area contributed by atoms with Gasteiger partial charge < -0.3 is 0 Å². The monoisotopic (exact) mass is 324 g/mol. The standard InChI is InChI=1S/C25H24/c1-3-19-12-13-22-17-21-10-6-7-11-23(21)24(25(22)16-19)15-14-20-9-5-4-8-18(20)2/h4-13,16-17H,3,14-15H2,1-2H3. The maximum Gasteiger partial charge on any atom is -0.0143 e. The highest BCUT2D eigenvalue weighted by Gasteiger charge is 2.09. The summed E-state index contributed by atoms with van der Waals surface area (Å²) >= 11 is 0. The first-order valence-corrected chi connectivity index (χ1v) is 9.24. The lowest BCUT2D eigenvalue weighted by molar-refractivity contribution is 0.964. The molecular weight excluding hydrogens is 300 g/mol. The normalized spacial score (nSPS) is 11.3. The summed E-state index contributed by atoms with van der Waals surface area (Å²) in [6, 6.07) is 26.9. The molecule has 0 fully saturated rings. The molecule has 0 unspecified atom stereocenters. The molecule has 0 aliphatic heterocycles. The van der Waals surface area contributed by atoms with Crippen molar-refractivity contribution < 1.29 is 0 Å². The van der Waals surface area contributed by atoms with Crippen molar-refractivity contribution in [3.63, 3.8) is 0 Å². The average Bonchev–Trinajstić information content (AvgIpc) is 2.66. The molecule has 4 rings (SSSR count). The SMILES string of the molecule is CCc1ccc2cc3ccccc3c(CCc3ccccc3C)c2c1. The van der Waals surface area contributed by atoms with Crippen molar-refractivity contribution in [1.29, 1.82) is 0 Å². The van der Waals surface area contributed by atoms with Gasteiger partial charge in [0.2, 0.25) is 0 Å². The van der Waals surface area contributed by atoms with Crippen molar-refractivity contribution in [3.05, 3.63) is 95.1 Å². The first kappa shape index (κ1) is 15.9. The molecule has 0 aliphatic rings. The minimum atomic E-state index is 1.08. The molecule has 0 saturated carbocycles. The average molecular weight is 324 g/mol. The number of hydrogen-bond acceptors (Lipinski definition) is 0. The van der Waals surface area contributed by atoms with E-state index in [4.69, 9.17) is 0 Å². The fraction of sp³-hybridized carbons (Fsp3) is 0.200. The molecule has 0 bridgehead atoms. The van der Waals surface area contributed by atoms with Crippen molar-refractivity contribution >= 4 is 21.5 Å². The molecular formula is C25H24. The Labute approximate surface area is 150 Å². The fourth-order valence-electron chi connectivity index (χ4n) is 3.84. The van der Waals surface area contributed by atoms with Gasteiger partial charge in [-0.15, -0.1) is 0 Å². The second-order valence-corrected chi connectivity index (χ2v) is 6.91. The lowest BCUT2D eigenvalue weighted by atomic mass is 9.91. The minimum Gasteiger partial charge on any atom is -0.0620 e. The molecule has 0 N–H and O–H groups in total. The highest BCUT2D eigenvalue weighted by Crippen LogP contribution is 2.30. The maximum absolute atomic E-state index is 2.40. The van der Waals surface area contributed by atoms with Crippen LogP contribution in [0.1, 0.15) is 29.2 Å². The van der Waals surface area contributed by atoms with Gasteiger partial charge in [-0.2, -0.15) is 0 Å². The molecule has 4 aromatic carbocycles. The van der Waals surface area contributed by atoms with E-state index in [1.54, 1.807) is 0 Å². The van der Waals surface area contributed by atoms with E-state index in [-0.39, 0.29) is 0 Å². The van der Waals surface area contributed by atoms with Crippen LogP contribution in [0.15, 0.2) is 72.8 Å². The van der Waals surface area contributed by atoms with E-state index < -0.39 is 0 Å². The zero-order valence-electron chi connectivity index (χ0n) is 15.0. The lowest BCUT2D eigenvalue weighted by Crippen LogP contribution is -1.97. The zero-order chi connectivity index (χ0) is 17.2. The van der Waals surface area contributed by atoms with Crippen LogP contribution in [0, 0.1) is 6.92 Å². The van der Waals surface area contributed by atoms with Crippen LogP contribution in [0.2, 0.25) is 0 Å². The van der Waals surface area contributed by atoms with Crippen LogP contribution in [-0.2, 0) is 19.3 Å². The Bertz CT molecular complexity index is 1040. The summed E-state index contributed by atoms with van der Waals surface area (Å²) in [5.74, 6) is 0. The predicted octanol–water partition coefficient (Wildman–Crippen LogP) is 6.65. The Kier molecular flexibility index (Phi) is 4.28. The van der Waals surface area contributed by atoms with Gasteiger partial charge in [0.25, 0.3) is 0 Å². The molecule has 25 heavy (non-hydrogen) atoms. The summed E-state index contributed by atoms with van der Waals surface area (Å²) in [4.78, 5) is 0. The Hall–Kier alpha value is -2.60. The summed E-state index contributed by atoms with van der Waals surface area (Å²) in [6.45, 7) is 4.45. The highest BCUT2D eigenvalue weighted by atomic mass is 14.1. The van der Waals surface area contributed by atoms with Crippen LogP contribution < -0.4 is 0 Å². The minimum absolute atomic E-state index is 1.08. The molecule has 0 amide bonds. The van der Waals surface area contributed by atoms with E-state index >= 15 is 0 Å². The van der Waals surface area contributed by atoms with E-state index in [1.807, 2.05) is 0 Å². The summed E-state index contributed by atoms with van der Waals surface area (Å²) in [5.41, 5.74) is 5.75. The van der Waals surface area contributed by atoms with Crippen LogP contribution in [0.4, 0.5) is 0 Å². The number of aryl methyl sites for hydroxylation is 4. The Balaban J connectivity index is 1.87. The predicted molar refractivity (Wildman–Crippen MR) is 109 cm³/mol. The third-order valence-electron chi connectivity index (χ3n) is 5.35. The highest BCUT2D eigenvalue weighted by molar-refractivity contribution is 6.02. The lowest BCUT2D eigenvalue weighted by Gasteiger charge is -2.14. The quantitative estimate of drug-likeness (QED) is 0.369.